The summed E-state index contributed by atoms with van der Waals surface area (Å²) in [7, 11) is 0. The number of hydrogen-bond acceptors (Lipinski definition) is 2. The van der Waals surface area contributed by atoms with Gasteiger partial charge in [0.05, 0.1) is 12.2 Å². The molecule has 102 valence electrons. The van der Waals surface area contributed by atoms with Crippen LogP contribution in [0.4, 0.5) is 0 Å². The van der Waals surface area contributed by atoms with Gasteiger partial charge < -0.3 is 4.74 Å². The third-order valence-electron chi connectivity index (χ3n) is 2.53. The molecule has 0 heterocycles. The molecule has 0 unspecified atom stereocenters. The third kappa shape index (κ3) is 6.43. The van der Waals surface area contributed by atoms with Crippen molar-refractivity contribution in [3.63, 3.8) is 0 Å². The molecule has 0 aliphatic heterocycles. The van der Waals surface area contributed by atoms with E-state index >= 15 is 0 Å². The van der Waals surface area contributed by atoms with E-state index in [4.69, 9.17) is 4.74 Å². The van der Waals surface area contributed by atoms with E-state index in [2.05, 4.69) is 20.8 Å². The Hall–Kier alpha value is -1.31. The summed E-state index contributed by atoms with van der Waals surface area (Å²) < 4.78 is 5.17. The molecule has 0 aromatic heterocycles. The van der Waals surface area contributed by atoms with Crippen LogP contribution in [0.15, 0.2) is 24.3 Å². The lowest BCUT2D eigenvalue weighted by Crippen LogP contribution is -2.08. The second-order valence-electron chi connectivity index (χ2n) is 4.37. The van der Waals surface area contributed by atoms with Gasteiger partial charge in [0, 0.05) is 0 Å². The largest absolute Gasteiger partial charge is 0.462 e. The number of aryl methyl sites for hydroxylation is 1. The molecule has 2 nitrogen and oxygen atoms in total. The van der Waals surface area contributed by atoms with Crippen LogP contribution >= 0.6 is 0 Å². The summed E-state index contributed by atoms with van der Waals surface area (Å²) in [6.07, 6.45) is 1.90. The lowest BCUT2D eigenvalue weighted by molar-refractivity contribution is 0.0488. The van der Waals surface area contributed by atoms with Gasteiger partial charge in [0.25, 0.3) is 0 Å². The Kier molecular flexibility index (Phi) is 8.99. The Morgan fingerprint density at radius 2 is 1.72 bits per heavy atom. The second-order valence-corrected chi connectivity index (χ2v) is 4.37. The predicted octanol–water partition coefficient (Wildman–Crippen LogP) is 4.48. The molecular formula is C16H26O2. The van der Waals surface area contributed by atoms with Gasteiger partial charge in [-0.1, -0.05) is 46.8 Å². The van der Waals surface area contributed by atoms with Gasteiger partial charge >= 0.3 is 5.97 Å². The Balaban J connectivity index is 0.00000137. The van der Waals surface area contributed by atoms with Crippen LogP contribution in [0.25, 0.3) is 0 Å². The van der Waals surface area contributed by atoms with Crippen molar-refractivity contribution in [2.75, 3.05) is 6.61 Å². The molecule has 0 N–H and O–H groups in total. The van der Waals surface area contributed by atoms with E-state index in [-0.39, 0.29) is 5.97 Å². The average molecular weight is 250 g/mol. The Bertz CT molecular complexity index is 325. The molecule has 0 saturated carbocycles. The molecule has 1 aromatic rings. The van der Waals surface area contributed by atoms with Crippen molar-refractivity contribution in [1.82, 2.24) is 0 Å². The van der Waals surface area contributed by atoms with E-state index in [0.29, 0.717) is 18.1 Å². The molecule has 2 heteroatoms. The quantitative estimate of drug-likeness (QED) is 0.720. The van der Waals surface area contributed by atoms with E-state index in [1.807, 2.05) is 38.1 Å². The third-order valence-corrected chi connectivity index (χ3v) is 2.53. The summed E-state index contributed by atoms with van der Waals surface area (Å²) in [5.41, 5.74) is 1.87. The molecular weight excluding hydrogens is 224 g/mol. The highest BCUT2D eigenvalue weighted by Crippen LogP contribution is 2.07. The topological polar surface area (TPSA) is 26.3 Å². The first-order valence-corrected chi connectivity index (χ1v) is 6.89. The van der Waals surface area contributed by atoms with Crippen molar-refractivity contribution < 1.29 is 9.53 Å². The van der Waals surface area contributed by atoms with Gasteiger partial charge in [-0.15, -0.1) is 0 Å². The highest BCUT2D eigenvalue weighted by molar-refractivity contribution is 5.89. The van der Waals surface area contributed by atoms with Gasteiger partial charge in [-0.05, 0) is 36.5 Å². The number of carbonyl (C=O) groups excluding carboxylic acids is 1. The van der Waals surface area contributed by atoms with E-state index in [0.717, 1.165) is 12.8 Å². The van der Waals surface area contributed by atoms with E-state index in [1.165, 1.54) is 5.56 Å². The SMILES string of the molecule is CC.CCc1ccc(C(=O)OCCC(C)C)cc1. The molecule has 0 fully saturated rings. The minimum Gasteiger partial charge on any atom is -0.462 e. The van der Waals surface area contributed by atoms with Crippen molar-refractivity contribution in [1.29, 1.82) is 0 Å². The minimum atomic E-state index is -0.219. The van der Waals surface area contributed by atoms with Gasteiger partial charge in [-0.25, -0.2) is 4.79 Å². The smallest absolute Gasteiger partial charge is 0.338 e. The fraction of sp³-hybridized carbons (Fsp3) is 0.562. The molecule has 1 rings (SSSR count). The predicted molar refractivity (Wildman–Crippen MR) is 76.9 cm³/mol. The number of benzene rings is 1. The van der Waals surface area contributed by atoms with E-state index < -0.39 is 0 Å². The Morgan fingerprint density at radius 3 is 2.17 bits per heavy atom. The van der Waals surface area contributed by atoms with Crippen molar-refractivity contribution in [2.24, 2.45) is 5.92 Å². The van der Waals surface area contributed by atoms with Gasteiger partial charge in [-0.2, -0.15) is 0 Å². The molecule has 0 radical (unpaired) electrons. The molecule has 0 saturated heterocycles. The van der Waals surface area contributed by atoms with Crippen LogP contribution < -0.4 is 0 Å². The summed E-state index contributed by atoms with van der Waals surface area (Å²) in [5, 5.41) is 0. The number of esters is 1. The first-order valence-electron chi connectivity index (χ1n) is 6.89. The monoisotopic (exact) mass is 250 g/mol. The molecule has 0 amide bonds. The zero-order valence-corrected chi connectivity index (χ0v) is 12.3. The van der Waals surface area contributed by atoms with Gasteiger partial charge in [0.2, 0.25) is 0 Å². The molecule has 0 atom stereocenters. The first kappa shape index (κ1) is 16.7. The van der Waals surface area contributed by atoms with Crippen LogP contribution in [-0.4, -0.2) is 12.6 Å². The lowest BCUT2D eigenvalue weighted by atomic mass is 10.1. The zero-order valence-electron chi connectivity index (χ0n) is 12.3. The van der Waals surface area contributed by atoms with Crippen molar-refractivity contribution in [3.05, 3.63) is 35.4 Å². The number of hydrogen-bond donors (Lipinski definition) is 0. The van der Waals surface area contributed by atoms with Gasteiger partial charge in [0.15, 0.2) is 0 Å². The molecule has 0 spiro atoms. The number of ether oxygens (including phenoxy) is 1. The molecule has 0 bridgehead atoms. The maximum absolute atomic E-state index is 11.6. The van der Waals surface area contributed by atoms with E-state index in [9.17, 15) is 4.79 Å². The molecule has 0 aliphatic carbocycles. The summed E-state index contributed by atoms with van der Waals surface area (Å²) in [6.45, 7) is 10.8. The van der Waals surface area contributed by atoms with Crippen LogP contribution in [0.1, 0.15) is 57.0 Å². The van der Waals surface area contributed by atoms with Gasteiger partial charge in [0.1, 0.15) is 0 Å². The van der Waals surface area contributed by atoms with Crippen LogP contribution in [-0.2, 0) is 11.2 Å². The normalized spacial score (nSPS) is 9.67. The highest BCUT2D eigenvalue weighted by atomic mass is 16.5. The lowest BCUT2D eigenvalue weighted by Gasteiger charge is -2.07. The maximum atomic E-state index is 11.6. The fourth-order valence-corrected chi connectivity index (χ4v) is 1.35. The van der Waals surface area contributed by atoms with Crippen LogP contribution in [0.2, 0.25) is 0 Å². The van der Waals surface area contributed by atoms with Gasteiger partial charge in [-0.3, -0.25) is 0 Å². The standard InChI is InChI=1S/C14H20O2.C2H6/c1-4-12-5-7-13(8-6-12)14(15)16-10-9-11(2)3;1-2/h5-8,11H,4,9-10H2,1-3H3;1-2H3. The molecule has 1 aromatic carbocycles. The first-order chi connectivity index (χ1) is 8.63. The second kappa shape index (κ2) is 9.69. The minimum absolute atomic E-state index is 0.219. The van der Waals surface area contributed by atoms with Crippen molar-refractivity contribution >= 4 is 5.97 Å². The average Bonchev–Trinajstić information content (AvgIpc) is 2.40. The van der Waals surface area contributed by atoms with Crippen molar-refractivity contribution in [3.8, 4) is 0 Å². The molecule has 0 aliphatic rings. The van der Waals surface area contributed by atoms with Crippen LogP contribution in [0, 0.1) is 5.92 Å². The fourth-order valence-electron chi connectivity index (χ4n) is 1.35. The van der Waals surface area contributed by atoms with Crippen molar-refractivity contribution in [2.45, 2.75) is 47.5 Å². The Morgan fingerprint density at radius 1 is 1.17 bits per heavy atom. The summed E-state index contributed by atoms with van der Waals surface area (Å²) in [5.74, 6) is 0.346. The molecule has 18 heavy (non-hydrogen) atoms. The maximum Gasteiger partial charge on any atom is 0.338 e. The summed E-state index contributed by atoms with van der Waals surface area (Å²) in [4.78, 5) is 11.6. The number of rotatable bonds is 5. The Labute approximate surface area is 111 Å². The summed E-state index contributed by atoms with van der Waals surface area (Å²) in [6, 6.07) is 7.60. The van der Waals surface area contributed by atoms with Crippen LogP contribution in [0.3, 0.4) is 0 Å². The summed E-state index contributed by atoms with van der Waals surface area (Å²) >= 11 is 0. The zero-order chi connectivity index (χ0) is 14.0. The highest BCUT2D eigenvalue weighted by Gasteiger charge is 2.06. The van der Waals surface area contributed by atoms with Crippen LogP contribution in [0.5, 0.6) is 0 Å². The van der Waals surface area contributed by atoms with E-state index in [1.54, 1.807) is 0 Å². The number of carbonyl (C=O) groups is 1.